The Balaban J connectivity index is 1.70. The van der Waals surface area contributed by atoms with Crippen LogP contribution in [0.5, 0.6) is 0 Å². The van der Waals surface area contributed by atoms with Gasteiger partial charge < -0.3 is 0 Å². The number of rotatable bonds is 4. The van der Waals surface area contributed by atoms with E-state index in [2.05, 4.69) is 15.4 Å². The monoisotopic (exact) mass is 392 g/mol. The lowest BCUT2D eigenvalue weighted by atomic mass is 9.99. The summed E-state index contributed by atoms with van der Waals surface area (Å²) < 4.78 is 35.5. The summed E-state index contributed by atoms with van der Waals surface area (Å²) in [5, 5.41) is 11.8. The number of piperidine rings is 1. The molecule has 0 bridgehead atoms. The fraction of sp³-hybridized carbons (Fsp3) is 0.500. The SMILES string of the molecule is CCn1c(C2CCCN(S(=O)(=O)c3cccc4nonc34)C2)nn(C)c1=O. The topological polar surface area (TPSA) is 116 Å². The predicted octanol–water partition coefficient (Wildman–Crippen LogP) is 0.706. The number of fused-ring (bicyclic) bond motifs is 1. The Bertz CT molecular complexity index is 1150. The molecule has 2 aromatic heterocycles. The van der Waals surface area contributed by atoms with Crippen molar-refractivity contribution in [1.82, 2.24) is 29.0 Å². The maximum Gasteiger partial charge on any atom is 0.345 e. The second kappa shape index (κ2) is 6.57. The van der Waals surface area contributed by atoms with Crippen molar-refractivity contribution in [3.05, 3.63) is 34.5 Å². The molecule has 0 radical (unpaired) electrons. The molecular weight excluding hydrogens is 372 g/mol. The molecule has 10 nitrogen and oxygen atoms in total. The molecule has 1 aliphatic heterocycles. The van der Waals surface area contributed by atoms with Crippen LogP contribution in [0.1, 0.15) is 31.5 Å². The van der Waals surface area contributed by atoms with Gasteiger partial charge in [0.1, 0.15) is 16.2 Å². The molecule has 0 aliphatic carbocycles. The number of nitrogens with zero attached hydrogens (tertiary/aromatic N) is 6. The summed E-state index contributed by atoms with van der Waals surface area (Å²) in [6.07, 6.45) is 1.46. The first kappa shape index (κ1) is 17.9. The fourth-order valence-electron chi connectivity index (χ4n) is 3.62. The van der Waals surface area contributed by atoms with Gasteiger partial charge in [-0.25, -0.2) is 22.5 Å². The molecule has 1 fully saturated rings. The third kappa shape index (κ3) is 2.86. The van der Waals surface area contributed by atoms with Crippen molar-refractivity contribution in [3.63, 3.8) is 0 Å². The minimum Gasteiger partial charge on any atom is -0.279 e. The number of sulfonamides is 1. The summed E-state index contributed by atoms with van der Waals surface area (Å²) >= 11 is 0. The molecule has 0 N–H and O–H groups in total. The molecule has 3 aromatic rings. The second-order valence-corrected chi connectivity index (χ2v) is 8.51. The van der Waals surface area contributed by atoms with E-state index < -0.39 is 10.0 Å². The van der Waals surface area contributed by atoms with Crippen molar-refractivity contribution in [3.8, 4) is 0 Å². The van der Waals surface area contributed by atoms with Crippen LogP contribution in [0.3, 0.4) is 0 Å². The van der Waals surface area contributed by atoms with Crippen LogP contribution < -0.4 is 5.69 Å². The molecule has 3 heterocycles. The van der Waals surface area contributed by atoms with E-state index in [-0.39, 0.29) is 28.6 Å². The maximum absolute atomic E-state index is 13.2. The Morgan fingerprint density at radius 3 is 2.89 bits per heavy atom. The van der Waals surface area contributed by atoms with Gasteiger partial charge in [0.2, 0.25) is 10.0 Å². The average molecular weight is 392 g/mol. The van der Waals surface area contributed by atoms with Crippen molar-refractivity contribution in [2.24, 2.45) is 7.05 Å². The molecule has 27 heavy (non-hydrogen) atoms. The van der Waals surface area contributed by atoms with E-state index in [4.69, 9.17) is 4.63 Å². The molecular formula is C16H20N6O4S. The molecule has 1 unspecified atom stereocenters. The number of hydrogen-bond donors (Lipinski definition) is 0. The predicted molar refractivity (Wildman–Crippen MR) is 95.7 cm³/mol. The standard InChI is InChI=1S/C16H20N6O4S/c1-3-22-15(17-20(2)16(22)23)11-6-5-9-21(10-11)27(24,25)13-8-4-7-12-14(13)19-26-18-12/h4,7-8,11H,3,5-6,9-10H2,1-2H3. The lowest BCUT2D eigenvalue weighted by Gasteiger charge is -2.31. The van der Waals surface area contributed by atoms with Gasteiger partial charge in [-0.15, -0.1) is 0 Å². The van der Waals surface area contributed by atoms with Crippen LogP contribution in [-0.2, 0) is 23.6 Å². The zero-order valence-electron chi connectivity index (χ0n) is 15.1. The van der Waals surface area contributed by atoms with E-state index in [1.54, 1.807) is 23.7 Å². The first-order chi connectivity index (χ1) is 12.9. The summed E-state index contributed by atoms with van der Waals surface area (Å²) in [5.74, 6) is 0.489. The average Bonchev–Trinajstić information content (AvgIpc) is 3.26. The van der Waals surface area contributed by atoms with Gasteiger partial charge in [-0.2, -0.15) is 9.40 Å². The van der Waals surface area contributed by atoms with E-state index in [1.165, 1.54) is 15.1 Å². The van der Waals surface area contributed by atoms with Gasteiger partial charge in [-0.1, -0.05) is 6.07 Å². The van der Waals surface area contributed by atoms with Crippen LogP contribution in [-0.4, -0.2) is 50.5 Å². The van der Waals surface area contributed by atoms with Crippen molar-refractivity contribution >= 4 is 21.1 Å². The van der Waals surface area contributed by atoms with Crippen LogP contribution >= 0.6 is 0 Å². The summed E-state index contributed by atoms with van der Waals surface area (Å²) in [4.78, 5) is 12.3. The Labute approximate surface area is 155 Å². The van der Waals surface area contributed by atoms with E-state index >= 15 is 0 Å². The highest BCUT2D eigenvalue weighted by Crippen LogP contribution is 2.31. The normalized spacial score (nSPS) is 19.0. The van der Waals surface area contributed by atoms with Crippen molar-refractivity contribution in [2.75, 3.05) is 13.1 Å². The highest BCUT2D eigenvalue weighted by Gasteiger charge is 2.35. The molecule has 11 heteroatoms. The first-order valence-corrected chi connectivity index (χ1v) is 10.2. The van der Waals surface area contributed by atoms with Crippen molar-refractivity contribution < 1.29 is 13.0 Å². The fourth-order valence-corrected chi connectivity index (χ4v) is 5.28. The number of hydrogen-bond acceptors (Lipinski definition) is 7. The largest absolute Gasteiger partial charge is 0.345 e. The minimum absolute atomic E-state index is 0.0794. The third-order valence-electron chi connectivity index (χ3n) is 4.97. The molecule has 1 aliphatic rings. The Hall–Kier alpha value is -2.53. The summed E-state index contributed by atoms with van der Waals surface area (Å²) in [5.41, 5.74) is 0.433. The summed E-state index contributed by atoms with van der Waals surface area (Å²) in [6, 6.07) is 4.78. The third-order valence-corrected chi connectivity index (χ3v) is 6.87. The minimum atomic E-state index is -3.77. The molecule has 1 saturated heterocycles. The van der Waals surface area contributed by atoms with E-state index in [9.17, 15) is 13.2 Å². The van der Waals surface area contributed by atoms with Crippen LogP contribution in [0, 0.1) is 0 Å². The van der Waals surface area contributed by atoms with Gasteiger partial charge in [0.15, 0.2) is 5.52 Å². The van der Waals surface area contributed by atoms with Crippen LogP contribution in [0.4, 0.5) is 0 Å². The zero-order valence-corrected chi connectivity index (χ0v) is 15.9. The van der Waals surface area contributed by atoms with Crippen LogP contribution in [0.2, 0.25) is 0 Å². The zero-order chi connectivity index (χ0) is 19.2. The molecule has 0 saturated carbocycles. The highest BCUT2D eigenvalue weighted by molar-refractivity contribution is 7.89. The number of aromatic nitrogens is 5. The Kier molecular flexibility index (Phi) is 4.35. The van der Waals surface area contributed by atoms with Crippen LogP contribution in [0.15, 0.2) is 32.5 Å². The molecule has 1 aromatic carbocycles. The van der Waals surface area contributed by atoms with Crippen molar-refractivity contribution in [1.29, 1.82) is 0 Å². The summed E-state index contributed by atoms with van der Waals surface area (Å²) in [7, 11) is -2.17. The lowest BCUT2D eigenvalue weighted by Crippen LogP contribution is -2.40. The number of aryl methyl sites for hydroxylation is 1. The molecule has 0 amide bonds. The Morgan fingerprint density at radius 2 is 2.11 bits per heavy atom. The van der Waals surface area contributed by atoms with Gasteiger partial charge in [-0.3, -0.25) is 4.57 Å². The Morgan fingerprint density at radius 1 is 1.30 bits per heavy atom. The maximum atomic E-state index is 13.2. The molecule has 0 spiro atoms. The lowest BCUT2D eigenvalue weighted by molar-refractivity contribution is 0.303. The van der Waals surface area contributed by atoms with Gasteiger partial charge >= 0.3 is 5.69 Å². The van der Waals surface area contributed by atoms with Gasteiger partial charge in [0.25, 0.3) is 0 Å². The van der Waals surface area contributed by atoms with Crippen LogP contribution in [0.25, 0.3) is 11.0 Å². The highest BCUT2D eigenvalue weighted by atomic mass is 32.2. The quantitative estimate of drug-likeness (QED) is 0.642. The van der Waals surface area contributed by atoms with E-state index in [1.807, 2.05) is 6.92 Å². The van der Waals surface area contributed by atoms with Gasteiger partial charge in [0.05, 0.1) is 0 Å². The first-order valence-electron chi connectivity index (χ1n) is 8.78. The van der Waals surface area contributed by atoms with Gasteiger partial charge in [0, 0.05) is 32.6 Å². The van der Waals surface area contributed by atoms with Crippen molar-refractivity contribution in [2.45, 2.75) is 37.1 Å². The second-order valence-electron chi connectivity index (χ2n) is 6.60. The van der Waals surface area contributed by atoms with E-state index in [0.717, 1.165) is 6.42 Å². The molecule has 1 atom stereocenters. The smallest absolute Gasteiger partial charge is 0.279 e. The molecule has 144 valence electrons. The number of benzene rings is 1. The van der Waals surface area contributed by atoms with Gasteiger partial charge in [-0.05, 0) is 42.2 Å². The molecule has 4 rings (SSSR count). The van der Waals surface area contributed by atoms with E-state index in [0.29, 0.717) is 30.9 Å². The summed E-state index contributed by atoms with van der Waals surface area (Å²) in [6.45, 7) is 3.04.